The summed E-state index contributed by atoms with van der Waals surface area (Å²) in [4.78, 5) is 16.8. The molecule has 4 rings (SSSR count). The number of hydrogen-bond donors (Lipinski definition) is 2. The lowest BCUT2D eigenvalue weighted by Crippen LogP contribution is -2.28. The third-order valence-electron chi connectivity index (χ3n) is 5.18. The van der Waals surface area contributed by atoms with Gasteiger partial charge < -0.3 is 19.8 Å². The molecule has 1 heterocycles. The molecule has 162 valence electrons. The molecule has 0 spiro atoms. The first kappa shape index (κ1) is 21.2. The van der Waals surface area contributed by atoms with Crippen molar-refractivity contribution in [2.75, 3.05) is 12.4 Å². The minimum atomic E-state index is -0.276. The first-order chi connectivity index (χ1) is 15.5. The van der Waals surface area contributed by atoms with E-state index in [9.17, 15) is 4.79 Å². The van der Waals surface area contributed by atoms with Crippen LogP contribution in [0.3, 0.4) is 0 Å². The van der Waals surface area contributed by atoms with Gasteiger partial charge in [0.05, 0.1) is 7.11 Å². The van der Waals surface area contributed by atoms with Crippen LogP contribution < -0.4 is 15.4 Å². The number of carbonyl (C=O) groups is 1. The molecule has 0 aliphatic rings. The fourth-order valence-corrected chi connectivity index (χ4v) is 3.34. The van der Waals surface area contributed by atoms with Crippen LogP contribution in [0.15, 0.2) is 77.4 Å². The van der Waals surface area contributed by atoms with E-state index < -0.39 is 0 Å². The summed E-state index contributed by atoms with van der Waals surface area (Å²) in [6.07, 6.45) is 1.68. The highest BCUT2D eigenvalue weighted by Gasteiger charge is 2.11. The molecule has 0 fully saturated rings. The van der Waals surface area contributed by atoms with Crippen LogP contribution in [0.4, 0.5) is 10.5 Å². The van der Waals surface area contributed by atoms with E-state index in [0.29, 0.717) is 18.1 Å². The molecule has 0 aliphatic heterocycles. The van der Waals surface area contributed by atoms with Gasteiger partial charge in [0.1, 0.15) is 17.7 Å². The van der Waals surface area contributed by atoms with Crippen molar-refractivity contribution in [3.05, 3.63) is 89.7 Å². The monoisotopic (exact) mass is 427 g/mol. The van der Waals surface area contributed by atoms with E-state index >= 15 is 0 Å². The summed E-state index contributed by atoms with van der Waals surface area (Å²) in [6, 6.07) is 20.9. The van der Waals surface area contributed by atoms with Crippen LogP contribution in [0.1, 0.15) is 16.7 Å². The number of methoxy groups -OCH3 is 1. The molecule has 0 saturated heterocycles. The summed E-state index contributed by atoms with van der Waals surface area (Å²) in [5.74, 6) is 1.32. The molecular weight excluding hydrogens is 402 g/mol. The Bertz CT molecular complexity index is 1210. The number of aromatic nitrogens is 1. The Labute approximate surface area is 187 Å². The number of nitrogens with one attached hydrogen (secondary N) is 2. The average molecular weight is 428 g/mol. The van der Waals surface area contributed by atoms with Gasteiger partial charge in [-0.1, -0.05) is 29.8 Å². The van der Waals surface area contributed by atoms with Gasteiger partial charge in [0, 0.05) is 23.4 Å². The minimum absolute atomic E-state index is 0.276. The quantitative estimate of drug-likeness (QED) is 0.398. The molecule has 32 heavy (non-hydrogen) atoms. The zero-order chi connectivity index (χ0) is 22.5. The van der Waals surface area contributed by atoms with E-state index in [2.05, 4.69) is 47.7 Å². The van der Waals surface area contributed by atoms with Gasteiger partial charge in [-0.25, -0.2) is 9.78 Å². The number of rotatable bonds is 6. The van der Waals surface area contributed by atoms with Crippen molar-refractivity contribution in [1.29, 1.82) is 0 Å². The van der Waals surface area contributed by atoms with E-state index in [1.165, 1.54) is 5.56 Å². The molecule has 2 amide bonds. The number of carbonyl (C=O) groups excluding carboxylic acids is 1. The predicted octanol–water partition coefficient (Wildman–Crippen LogP) is 5.96. The average Bonchev–Trinajstić information content (AvgIpc) is 3.30. The Hall–Kier alpha value is -4.06. The van der Waals surface area contributed by atoms with Crippen molar-refractivity contribution < 1.29 is 13.9 Å². The van der Waals surface area contributed by atoms with E-state index in [4.69, 9.17) is 9.15 Å². The third-order valence-corrected chi connectivity index (χ3v) is 5.18. The van der Waals surface area contributed by atoms with Crippen LogP contribution >= 0.6 is 0 Å². The minimum Gasteiger partial charge on any atom is -0.497 e. The number of oxazole rings is 1. The van der Waals surface area contributed by atoms with Crippen molar-refractivity contribution in [2.45, 2.75) is 20.4 Å². The van der Waals surface area contributed by atoms with Gasteiger partial charge in [-0.3, -0.25) is 0 Å². The van der Waals surface area contributed by atoms with Crippen LogP contribution in [0.2, 0.25) is 0 Å². The Balaban J connectivity index is 1.37. The summed E-state index contributed by atoms with van der Waals surface area (Å²) in [7, 11) is 1.62. The van der Waals surface area contributed by atoms with Crippen molar-refractivity contribution in [3.8, 4) is 28.5 Å². The molecule has 0 bridgehead atoms. The molecule has 0 saturated carbocycles. The Morgan fingerprint density at radius 3 is 2.47 bits per heavy atom. The molecule has 4 aromatic rings. The number of ether oxygens (including phenoxy) is 1. The van der Waals surface area contributed by atoms with Crippen molar-refractivity contribution in [1.82, 2.24) is 10.3 Å². The molecular formula is C26H25N3O3. The second-order valence-electron chi connectivity index (χ2n) is 7.59. The number of nitrogens with zero attached hydrogens (tertiary/aromatic N) is 1. The molecule has 0 atom stereocenters. The van der Waals surface area contributed by atoms with Crippen LogP contribution in [0.5, 0.6) is 5.75 Å². The summed E-state index contributed by atoms with van der Waals surface area (Å²) in [5.41, 5.74) is 6.70. The maximum Gasteiger partial charge on any atom is 0.319 e. The largest absolute Gasteiger partial charge is 0.497 e. The van der Waals surface area contributed by atoms with Crippen molar-refractivity contribution >= 4 is 11.7 Å². The maximum absolute atomic E-state index is 12.2. The van der Waals surface area contributed by atoms with E-state index in [0.717, 1.165) is 33.7 Å². The summed E-state index contributed by atoms with van der Waals surface area (Å²) < 4.78 is 10.8. The molecule has 0 radical (unpaired) electrons. The van der Waals surface area contributed by atoms with Gasteiger partial charge in [-0.05, 0) is 67.4 Å². The first-order valence-corrected chi connectivity index (χ1v) is 10.3. The van der Waals surface area contributed by atoms with E-state index in [1.807, 2.05) is 48.5 Å². The standard InChI is InChI=1S/C26H25N3O3/c1-17-4-5-18(2)23(14-17)24-16-32-25(29-24)20-8-10-21(11-9-20)28-26(30)27-15-19-6-12-22(31-3)13-7-19/h4-14,16H,15H2,1-3H3,(H2,27,28,30). The van der Waals surface area contributed by atoms with Gasteiger partial charge in [-0.2, -0.15) is 0 Å². The summed E-state index contributed by atoms with van der Waals surface area (Å²) in [5, 5.41) is 5.67. The number of hydrogen-bond acceptors (Lipinski definition) is 4. The summed E-state index contributed by atoms with van der Waals surface area (Å²) in [6.45, 7) is 4.54. The van der Waals surface area contributed by atoms with Gasteiger partial charge in [0.2, 0.25) is 5.89 Å². The second kappa shape index (κ2) is 9.39. The van der Waals surface area contributed by atoms with E-state index in [-0.39, 0.29) is 6.03 Å². The predicted molar refractivity (Wildman–Crippen MR) is 126 cm³/mol. The Morgan fingerprint density at radius 1 is 1.00 bits per heavy atom. The van der Waals surface area contributed by atoms with Crippen LogP contribution in [0, 0.1) is 13.8 Å². The lowest BCUT2D eigenvalue weighted by atomic mass is 10.0. The van der Waals surface area contributed by atoms with Crippen LogP contribution in [-0.2, 0) is 6.54 Å². The van der Waals surface area contributed by atoms with Gasteiger partial charge in [0.25, 0.3) is 0 Å². The first-order valence-electron chi connectivity index (χ1n) is 10.3. The van der Waals surface area contributed by atoms with Gasteiger partial charge >= 0.3 is 6.03 Å². The number of amides is 2. The third kappa shape index (κ3) is 4.98. The topological polar surface area (TPSA) is 76.4 Å². The number of benzene rings is 3. The zero-order valence-corrected chi connectivity index (χ0v) is 18.3. The molecule has 6 heteroatoms. The smallest absolute Gasteiger partial charge is 0.319 e. The fraction of sp³-hybridized carbons (Fsp3) is 0.154. The highest BCUT2D eigenvalue weighted by molar-refractivity contribution is 5.89. The van der Waals surface area contributed by atoms with Crippen LogP contribution in [0.25, 0.3) is 22.7 Å². The fourth-order valence-electron chi connectivity index (χ4n) is 3.34. The molecule has 0 unspecified atom stereocenters. The zero-order valence-electron chi connectivity index (χ0n) is 18.3. The highest BCUT2D eigenvalue weighted by atomic mass is 16.5. The summed E-state index contributed by atoms with van der Waals surface area (Å²) >= 11 is 0. The Morgan fingerprint density at radius 2 is 1.75 bits per heavy atom. The number of urea groups is 1. The second-order valence-corrected chi connectivity index (χ2v) is 7.59. The van der Waals surface area contributed by atoms with E-state index in [1.54, 1.807) is 13.4 Å². The number of anilines is 1. The number of aryl methyl sites for hydroxylation is 2. The SMILES string of the molecule is COc1ccc(CNC(=O)Nc2ccc(-c3nc(-c4cc(C)ccc4C)co3)cc2)cc1. The molecule has 0 aliphatic carbocycles. The molecule has 1 aromatic heterocycles. The maximum atomic E-state index is 12.2. The van der Waals surface area contributed by atoms with Crippen LogP contribution in [-0.4, -0.2) is 18.1 Å². The van der Waals surface area contributed by atoms with Gasteiger partial charge in [0.15, 0.2) is 0 Å². The molecule has 2 N–H and O–H groups in total. The lowest BCUT2D eigenvalue weighted by Gasteiger charge is -2.08. The van der Waals surface area contributed by atoms with Gasteiger partial charge in [-0.15, -0.1) is 0 Å². The lowest BCUT2D eigenvalue weighted by molar-refractivity contribution is 0.251. The Kier molecular flexibility index (Phi) is 6.22. The molecule has 6 nitrogen and oxygen atoms in total. The van der Waals surface area contributed by atoms with Crippen molar-refractivity contribution in [2.24, 2.45) is 0 Å². The highest BCUT2D eigenvalue weighted by Crippen LogP contribution is 2.28. The van der Waals surface area contributed by atoms with Crippen molar-refractivity contribution in [3.63, 3.8) is 0 Å². The molecule has 3 aromatic carbocycles. The normalized spacial score (nSPS) is 10.6.